The summed E-state index contributed by atoms with van der Waals surface area (Å²) in [6, 6.07) is 13.7. The van der Waals surface area contributed by atoms with Crippen molar-refractivity contribution in [1.82, 2.24) is 3.97 Å². The molecule has 0 aliphatic rings. The molecule has 0 saturated heterocycles. The highest BCUT2D eigenvalue weighted by Gasteiger charge is 2.20. The molecule has 0 unspecified atom stereocenters. The van der Waals surface area contributed by atoms with E-state index in [2.05, 4.69) is 6.58 Å². The Kier molecular flexibility index (Phi) is 3.50. The maximum atomic E-state index is 12.9. The van der Waals surface area contributed by atoms with E-state index in [4.69, 9.17) is 4.74 Å². The lowest BCUT2D eigenvalue weighted by Crippen LogP contribution is -2.11. The molecule has 0 radical (unpaired) electrons. The van der Waals surface area contributed by atoms with Crippen molar-refractivity contribution in [1.29, 1.82) is 0 Å². The first-order valence-corrected chi connectivity index (χ1v) is 8.14. The van der Waals surface area contributed by atoms with Gasteiger partial charge in [0.05, 0.1) is 17.5 Å². The lowest BCUT2D eigenvalue weighted by atomic mass is 10.2. The Morgan fingerprint density at radius 1 is 1.14 bits per heavy atom. The zero-order valence-electron chi connectivity index (χ0n) is 12.1. The average Bonchev–Trinajstić information content (AvgIpc) is 2.94. The number of hydrogen-bond acceptors (Lipinski definition) is 3. The van der Waals surface area contributed by atoms with Gasteiger partial charge in [-0.25, -0.2) is 12.4 Å². The third-order valence-corrected chi connectivity index (χ3v) is 5.22. The monoisotopic (exact) mass is 313 g/mol. The van der Waals surface area contributed by atoms with Crippen LogP contribution in [-0.2, 0) is 10.0 Å². The first kappa shape index (κ1) is 14.4. The number of nitrogens with zero attached hydrogens (tertiary/aromatic N) is 1. The van der Waals surface area contributed by atoms with E-state index in [-0.39, 0.29) is 4.90 Å². The van der Waals surface area contributed by atoms with Crippen LogP contribution in [0, 0.1) is 0 Å². The molecule has 3 rings (SSSR count). The van der Waals surface area contributed by atoms with E-state index < -0.39 is 10.0 Å². The van der Waals surface area contributed by atoms with Crippen LogP contribution in [-0.4, -0.2) is 19.5 Å². The lowest BCUT2D eigenvalue weighted by molar-refractivity contribution is 0.415. The molecule has 1 heterocycles. The van der Waals surface area contributed by atoms with Crippen LogP contribution in [0.3, 0.4) is 0 Å². The predicted octanol–water partition coefficient (Wildman–Crippen LogP) is 3.53. The lowest BCUT2D eigenvalue weighted by Gasteiger charge is -2.08. The van der Waals surface area contributed by atoms with E-state index in [1.807, 2.05) is 6.07 Å². The number of rotatable bonds is 4. The molecule has 22 heavy (non-hydrogen) atoms. The van der Waals surface area contributed by atoms with Gasteiger partial charge < -0.3 is 4.74 Å². The van der Waals surface area contributed by atoms with Crippen molar-refractivity contribution in [3.05, 3.63) is 66.9 Å². The largest absolute Gasteiger partial charge is 0.497 e. The fourth-order valence-corrected chi connectivity index (χ4v) is 3.79. The maximum absolute atomic E-state index is 12.9. The minimum atomic E-state index is -3.67. The van der Waals surface area contributed by atoms with Gasteiger partial charge in [-0.15, -0.1) is 0 Å². The molecule has 112 valence electrons. The summed E-state index contributed by atoms with van der Waals surface area (Å²) in [6.07, 6.45) is 3.23. The highest BCUT2D eigenvalue weighted by molar-refractivity contribution is 7.90. The Hall–Kier alpha value is -2.53. The SMILES string of the molecule is C=Cc1cn(S(=O)(=O)c2ccccc2)c2cc(OC)ccc12. The number of methoxy groups -OCH3 is 1. The summed E-state index contributed by atoms with van der Waals surface area (Å²) in [5.74, 6) is 0.603. The van der Waals surface area contributed by atoms with Gasteiger partial charge >= 0.3 is 0 Å². The quantitative estimate of drug-likeness (QED) is 0.740. The van der Waals surface area contributed by atoms with Crippen molar-refractivity contribution in [3.8, 4) is 5.75 Å². The molecule has 0 bridgehead atoms. The van der Waals surface area contributed by atoms with Crippen LogP contribution in [0.4, 0.5) is 0 Å². The first-order chi connectivity index (χ1) is 10.6. The summed E-state index contributed by atoms with van der Waals surface area (Å²) in [5.41, 5.74) is 1.33. The molecular formula is C17H15NO3S. The van der Waals surface area contributed by atoms with Crippen LogP contribution in [0.5, 0.6) is 5.75 Å². The molecule has 0 aliphatic carbocycles. The Balaban J connectivity index is 2.33. The Labute approximate surface area is 129 Å². The standard InChI is InChI=1S/C17H15NO3S/c1-3-13-12-18(17-11-14(21-2)9-10-16(13)17)22(19,20)15-7-5-4-6-8-15/h3-12H,1H2,2H3. The first-order valence-electron chi connectivity index (χ1n) is 6.70. The van der Waals surface area contributed by atoms with E-state index in [0.29, 0.717) is 11.3 Å². The maximum Gasteiger partial charge on any atom is 0.268 e. The van der Waals surface area contributed by atoms with Gasteiger partial charge in [0, 0.05) is 23.2 Å². The van der Waals surface area contributed by atoms with Crippen LogP contribution in [0.25, 0.3) is 17.0 Å². The molecule has 0 N–H and O–H groups in total. The van der Waals surface area contributed by atoms with Crippen molar-refractivity contribution in [3.63, 3.8) is 0 Å². The minimum absolute atomic E-state index is 0.241. The topological polar surface area (TPSA) is 48.3 Å². The highest BCUT2D eigenvalue weighted by Crippen LogP contribution is 2.29. The molecule has 0 aliphatic heterocycles. The van der Waals surface area contributed by atoms with Gasteiger partial charge in [-0.05, 0) is 24.3 Å². The molecule has 0 atom stereocenters. The van der Waals surface area contributed by atoms with Crippen molar-refractivity contribution in [2.45, 2.75) is 4.90 Å². The summed E-state index contributed by atoms with van der Waals surface area (Å²) in [7, 11) is -2.12. The minimum Gasteiger partial charge on any atom is -0.497 e. The molecular weight excluding hydrogens is 298 g/mol. The Morgan fingerprint density at radius 3 is 2.50 bits per heavy atom. The second-order valence-corrected chi connectivity index (χ2v) is 6.60. The Morgan fingerprint density at radius 2 is 1.86 bits per heavy atom. The van der Waals surface area contributed by atoms with Crippen molar-refractivity contribution in [2.75, 3.05) is 7.11 Å². The average molecular weight is 313 g/mol. The van der Waals surface area contributed by atoms with E-state index in [0.717, 1.165) is 10.9 Å². The van der Waals surface area contributed by atoms with Crippen LogP contribution in [0.2, 0.25) is 0 Å². The van der Waals surface area contributed by atoms with Gasteiger partial charge in [0.1, 0.15) is 5.75 Å². The zero-order chi connectivity index (χ0) is 15.7. The van der Waals surface area contributed by atoms with E-state index in [9.17, 15) is 8.42 Å². The fraction of sp³-hybridized carbons (Fsp3) is 0.0588. The van der Waals surface area contributed by atoms with Gasteiger partial charge in [-0.2, -0.15) is 0 Å². The fourth-order valence-electron chi connectivity index (χ4n) is 2.40. The van der Waals surface area contributed by atoms with E-state index >= 15 is 0 Å². The zero-order valence-corrected chi connectivity index (χ0v) is 12.9. The second-order valence-electron chi connectivity index (χ2n) is 4.79. The highest BCUT2D eigenvalue weighted by atomic mass is 32.2. The van der Waals surface area contributed by atoms with Gasteiger partial charge in [0.15, 0.2) is 0 Å². The molecule has 2 aromatic carbocycles. The summed E-state index contributed by atoms with van der Waals surface area (Å²) in [4.78, 5) is 0.241. The summed E-state index contributed by atoms with van der Waals surface area (Å²) in [5, 5.41) is 0.815. The summed E-state index contributed by atoms with van der Waals surface area (Å²) in [6.45, 7) is 3.75. The van der Waals surface area contributed by atoms with Crippen LogP contribution >= 0.6 is 0 Å². The second kappa shape index (κ2) is 5.35. The molecule has 0 spiro atoms. The van der Waals surface area contributed by atoms with Gasteiger partial charge in [-0.3, -0.25) is 0 Å². The van der Waals surface area contributed by atoms with Crippen LogP contribution < -0.4 is 4.74 Å². The molecule has 1 aromatic heterocycles. The Bertz CT molecular complexity index is 941. The smallest absolute Gasteiger partial charge is 0.268 e. The predicted molar refractivity (Wildman–Crippen MR) is 87.6 cm³/mol. The number of benzene rings is 2. The van der Waals surface area contributed by atoms with Crippen LogP contribution in [0.1, 0.15) is 5.56 Å². The number of fused-ring (bicyclic) bond motifs is 1. The molecule has 0 fully saturated rings. The molecule has 0 amide bonds. The van der Waals surface area contributed by atoms with E-state index in [1.54, 1.807) is 61.8 Å². The third kappa shape index (κ3) is 2.19. The third-order valence-electron chi connectivity index (χ3n) is 3.53. The molecule has 5 heteroatoms. The normalized spacial score (nSPS) is 11.5. The van der Waals surface area contributed by atoms with Crippen molar-refractivity contribution >= 4 is 27.0 Å². The van der Waals surface area contributed by atoms with Crippen molar-refractivity contribution < 1.29 is 13.2 Å². The number of ether oxygens (including phenoxy) is 1. The van der Waals surface area contributed by atoms with Gasteiger partial charge in [0.2, 0.25) is 0 Å². The molecule has 3 aromatic rings. The number of aromatic nitrogens is 1. The van der Waals surface area contributed by atoms with E-state index in [1.165, 1.54) is 3.97 Å². The summed E-state index contributed by atoms with van der Waals surface area (Å²) >= 11 is 0. The molecule has 4 nitrogen and oxygen atoms in total. The summed E-state index contributed by atoms with van der Waals surface area (Å²) < 4.78 is 32.2. The van der Waals surface area contributed by atoms with Crippen LogP contribution in [0.15, 0.2) is 66.2 Å². The molecule has 0 saturated carbocycles. The van der Waals surface area contributed by atoms with Gasteiger partial charge in [-0.1, -0.05) is 30.9 Å². The number of hydrogen-bond donors (Lipinski definition) is 0. The van der Waals surface area contributed by atoms with Crippen molar-refractivity contribution in [2.24, 2.45) is 0 Å². The van der Waals surface area contributed by atoms with Gasteiger partial charge in [0.25, 0.3) is 10.0 Å².